The lowest BCUT2D eigenvalue weighted by Gasteiger charge is -2.03. The van der Waals surface area contributed by atoms with E-state index >= 15 is 0 Å². The first-order chi connectivity index (χ1) is 4.24. The van der Waals surface area contributed by atoms with Gasteiger partial charge in [-0.1, -0.05) is 0 Å². The van der Waals surface area contributed by atoms with Gasteiger partial charge in [0.15, 0.2) is 0 Å². The first-order valence-electron chi connectivity index (χ1n) is 3.13. The molecule has 54 valence electrons. The highest BCUT2D eigenvalue weighted by molar-refractivity contribution is 7.99. The first-order valence-corrected chi connectivity index (χ1v) is 4.41. The molecule has 1 saturated carbocycles. The van der Waals surface area contributed by atoms with E-state index in [4.69, 9.17) is 10.2 Å². The quantitative estimate of drug-likeness (QED) is 0.559. The van der Waals surface area contributed by atoms with Crippen molar-refractivity contribution in [2.75, 3.05) is 6.26 Å². The summed E-state index contributed by atoms with van der Waals surface area (Å²) in [7, 11) is 0. The van der Waals surface area contributed by atoms with E-state index in [1.807, 2.05) is 6.26 Å². The van der Waals surface area contributed by atoms with Crippen LogP contribution in [0.3, 0.4) is 0 Å². The number of hydrogen-bond acceptors (Lipinski definition) is 3. The Kier molecular flexibility index (Phi) is 2.38. The zero-order valence-electron chi connectivity index (χ0n) is 5.45. The lowest BCUT2D eigenvalue weighted by molar-refractivity contribution is 0.0438. The lowest BCUT2D eigenvalue weighted by atomic mass is 10.3. The van der Waals surface area contributed by atoms with Gasteiger partial charge in [0.05, 0.1) is 12.2 Å². The molecule has 0 aromatic heterocycles. The highest BCUT2D eigenvalue weighted by Crippen LogP contribution is 2.28. The number of aliphatic hydroxyl groups excluding tert-OH is 2. The van der Waals surface area contributed by atoms with Gasteiger partial charge in [-0.15, -0.1) is 0 Å². The van der Waals surface area contributed by atoms with Crippen molar-refractivity contribution in [3.63, 3.8) is 0 Å². The Bertz CT molecular complexity index is 87.1. The second kappa shape index (κ2) is 2.90. The van der Waals surface area contributed by atoms with Gasteiger partial charge in [0.2, 0.25) is 0 Å². The fraction of sp³-hybridized carbons (Fsp3) is 1.00. The van der Waals surface area contributed by atoms with E-state index in [9.17, 15) is 0 Å². The normalized spacial score (nSPS) is 37.7. The third kappa shape index (κ3) is 1.60. The fourth-order valence-electron chi connectivity index (χ4n) is 1.14. The summed E-state index contributed by atoms with van der Waals surface area (Å²) >= 11 is 1.72. The van der Waals surface area contributed by atoms with Gasteiger partial charge in [-0.05, 0) is 19.1 Å². The molecule has 0 aliphatic heterocycles. The van der Waals surface area contributed by atoms with Crippen LogP contribution in [0.25, 0.3) is 0 Å². The number of aliphatic hydroxyl groups is 2. The van der Waals surface area contributed by atoms with Crippen LogP contribution in [0.4, 0.5) is 0 Å². The zero-order chi connectivity index (χ0) is 6.85. The van der Waals surface area contributed by atoms with Crippen LogP contribution in [-0.4, -0.2) is 33.9 Å². The molecular formula is C6H12O2S. The maximum atomic E-state index is 9.04. The van der Waals surface area contributed by atoms with Crippen LogP contribution in [-0.2, 0) is 0 Å². The summed E-state index contributed by atoms with van der Waals surface area (Å²) in [5.41, 5.74) is 0. The van der Waals surface area contributed by atoms with Crippen LogP contribution in [0.2, 0.25) is 0 Å². The topological polar surface area (TPSA) is 40.5 Å². The largest absolute Gasteiger partial charge is 0.390 e. The third-order valence-electron chi connectivity index (χ3n) is 1.79. The van der Waals surface area contributed by atoms with Gasteiger partial charge in [0.1, 0.15) is 0 Å². The molecule has 2 atom stereocenters. The Morgan fingerprint density at radius 1 is 1.22 bits per heavy atom. The van der Waals surface area contributed by atoms with Crippen molar-refractivity contribution in [1.82, 2.24) is 0 Å². The van der Waals surface area contributed by atoms with E-state index < -0.39 is 12.2 Å². The Balaban J connectivity index is 2.35. The molecule has 1 aliphatic rings. The van der Waals surface area contributed by atoms with Gasteiger partial charge in [-0.3, -0.25) is 0 Å². The van der Waals surface area contributed by atoms with E-state index in [2.05, 4.69) is 0 Å². The summed E-state index contributed by atoms with van der Waals surface area (Å²) in [5, 5.41) is 18.5. The molecule has 2 nitrogen and oxygen atoms in total. The van der Waals surface area contributed by atoms with Crippen molar-refractivity contribution in [2.24, 2.45) is 0 Å². The molecule has 0 aromatic rings. The maximum Gasteiger partial charge on any atom is 0.0810 e. The van der Waals surface area contributed by atoms with E-state index in [0.29, 0.717) is 5.25 Å². The maximum absolute atomic E-state index is 9.04. The van der Waals surface area contributed by atoms with Crippen LogP contribution < -0.4 is 0 Å². The van der Waals surface area contributed by atoms with Gasteiger partial charge >= 0.3 is 0 Å². The highest BCUT2D eigenvalue weighted by atomic mass is 32.2. The Morgan fingerprint density at radius 2 is 1.67 bits per heavy atom. The molecule has 0 spiro atoms. The first kappa shape index (κ1) is 7.38. The summed E-state index contributed by atoms with van der Waals surface area (Å²) in [5.74, 6) is 0. The monoisotopic (exact) mass is 148 g/mol. The molecule has 1 aliphatic carbocycles. The standard InChI is InChI=1S/C6H12O2S/c1-9-4-2-5(7)6(8)3-4/h4-8H,2-3H2,1H3/t5-,6-/m0/s1. The minimum Gasteiger partial charge on any atom is -0.390 e. The minimum atomic E-state index is -0.470. The second-order valence-electron chi connectivity index (χ2n) is 2.46. The summed E-state index contributed by atoms with van der Waals surface area (Å²) in [6, 6.07) is 0. The minimum absolute atomic E-state index is 0.468. The van der Waals surface area contributed by atoms with Crippen LogP contribution in [0, 0.1) is 0 Å². The zero-order valence-corrected chi connectivity index (χ0v) is 6.27. The molecule has 0 heterocycles. The molecule has 2 N–H and O–H groups in total. The Morgan fingerprint density at radius 3 is 1.89 bits per heavy atom. The van der Waals surface area contributed by atoms with Crippen molar-refractivity contribution >= 4 is 11.8 Å². The van der Waals surface area contributed by atoms with Crippen molar-refractivity contribution in [3.8, 4) is 0 Å². The third-order valence-corrected chi connectivity index (χ3v) is 2.84. The predicted octanol–water partition coefficient (Wildman–Crippen LogP) is 0.234. The van der Waals surface area contributed by atoms with Gasteiger partial charge in [0.25, 0.3) is 0 Å². The van der Waals surface area contributed by atoms with E-state index in [1.54, 1.807) is 11.8 Å². The molecule has 0 bridgehead atoms. The van der Waals surface area contributed by atoms with Crippen molar-refractivity contribution in [1.29, 1.82) is 0 Å². The molecule has 0 amide bonds. The summed E-state index contributed by atoms with van der Waals surface area (Å²) in [4.78, 5) is 0. The number of rotatable bonds is 1. The average Bonchev–Trinajstić information content (AvgIpc) is 2.13. The second-order valence-corrected chi connectivity index (χ2v) is 3.60. The SMILES string of the molecule is CSC1C[C@H](O)[C@@H](O)C1. The number of thioether (sulfide) groups is 1. The van der Waals surface area contributed by atoms with Gasteiger partial charge in [-0.25, -0.2) is 0 Å². The summed E-state index contributed by atoms with van der Waals surface area (Å²) in [6.45, 7) is 0. The van der Waals surface area contributed by atoms with E-state index in [0.717, 1.165) is 12.8 Å². The summed E-state index contributed by atoms with van der Waals surface area (Å²) in [6.07, 6.45) is 2.57. The Labute approximate surface area is 59.3 Å². The molecule has 3 heteroatoms. The molecular weight excluding hydrogens is 136 g/mol. The lowest BCUT2D eigenvalue weighted by Crippen LogP contribution is -2.17. The fourth-order valence-corrected chi connectivity index (χ4v) is 1.92. The number of hydrogen-bond donors (Lipinski definition) is 2. The average molecular weight is 148 g/mol. The van der Waals surface area contributed by atoms with E-state index in [1.165, 1.54) is 0 Å². The van der Waals surface area contributed by atoms with Gasteiger partial charge < -0.3 is 10.2 Å². The molecule has 0 aromatic carbocycles. The van der Waals surface area contributed by atoms with E-state index in [-0.39, 0.29) is 0 Å². The van der Waals surface area contributed by atoms with Crippen LogP contribution >= 0.6 is 11.8 Å². The smallest absolute Gasteiger partial charge is 0.0810 e. The highest BCUT2D eigenvalue weighted by Gasteiger charge is 2.30. The van der Waals surface area contributed by atoms with Crippen LogP contribution in [0.1, 0.15) is 12.8 Å². The summed E-state index contributed by atoms with van der Waals surface area (Å²) < 4.78 is 0. The molecule has 0 radical (unpaired) electrons. The van der Waals surface area contributed by atoms with Crippen molar-refractivity contribution in [2.45, 2.75) is 30.3 Å². The van der Waals surface area contributed by atoms with Crippen LogP contribution in [0.5, 0.6) is 0 Å². The molecule has 9 heavy (non-hydrogen) atoms. The predicted molar refractivity (Wildman–Crippen MR) is 38.6 cm³/mol. The van der Waals surface area contributed by atoms with Crippen LogP contribution in [0.15, 0.2) is 0 Å². The van der Waals surface area contributed by atoms with Gasteiger partial charge in [0, 0.05) is 5.25 Å². The molecule has 1 rings (SSSR count). The van der Waals surface area contributed by atoms with Crippen molar-refractivity contribution < 1.29 is 10.2 Å². The van der Waals surface area contributed by atoms with Crippen molar-refractivity contribution in [3.05, 3.63) is 0 Å². The molecule has 1 fully saturated rings. The Hall–Kier alpha value is 0.270. The molecule has 0 unspecified atom stereocenters. The van der Waals surface area contributed by atoms with Gasteiger partial charge in [-0.2, -0.15) is 11.8 Å². The molecule has 0 saturated heterocycles.